The molecule has 2 aromatic carbocycles. The van der Waals surface area contributed by atoms with E-state index in [0.29, 0.717) is 31.7 Å². The number of aromatic hydroxyl groups is 1. The fourth-order valence-corrected chi connectivity index (χ4v) is 6.70. The van der Waals surface area contributed by atoms with Crippen molar-refractivity contribution in [1.29, 1.82) is 0 Å². The van der Waals surface area contributed by atoms with Crippen molar-refractivity contribution in [1.82, 2.24) is 9.80 Å². The Labute approximate surface area is 194 Å². The summed E-state index contributed by atoms with van der Waals surface area (Å²) in [6, 6.07) is 14.9. The first-order valence-electron chi connectivity index (χ1n) is 12.3. The number of amides is 1. The first-order chi connectivity index (χ1) is 16.0. The molecule has 2 heterocycles. The van der Waals surface area contributed by atoms with Crippen LogP contribution < -0.4 is 4.74 Å². The fourth-order valence-electron chi connectivity index (χ4n) is 6.70. The molecule has 3 atom stereocenters. The molecule has 33 heavy (non-hydrogen) atoms. The number of carbonyl (C=O) groups is 1. The number of para-hydroxylation sites is 1. The summed E-state index contributed by atoms with van der Waals surface area (Å²) in [4.78, 5) is 17.3. The average Bonchev–Trinajstić information content (AvgIpc) is 3.63. The number of phenolic OH excluding ortho intramolecular Hbond substituents is 1. The summed E-state index contributed by atoms with van der Waals surface area (Å²) in [5.74, 6) is 1.53. The number of piperidine rings is 1. The number of hydrogen-bond acceptors (Lipinski definition) is 5. The van der Waals surface area contributed by atoms with Crippen molar-refractivity contribution < 1.29 is 19.7 Å². The Morgan fingerprint density at radius 3 is 2.58 bits per heavy atom. The van der Waals surface area contributed by atoms with Crippen LogP contribution in [0.4, 0.5) is 4.79 Å². The van der Waals surface area contributed by atoms with E-state index in [1.165, 1.54) is 18.4 Å². The average molecular weight is 449 g/mol. The normalized spacial score (nSPS) is 31.3. The Balaban J connectivity index is 1.34. The molecule has 2 N–H and O–H groups in total. The number of rotatable bonds is 3. The quantitative estimate of drug-likeness (QED) is 0.749. The molecule has 0 aromatic heterocycles. The maximum Gasteiger partial charge on any atom is 0.415 e. The molecule has 0 unspecified atom stereocenters. The summed E-state index contributed by atoms with van der Waals surface area (Å²) in [7, 11) is 0. The maximum absolute atomic E-state index is 13.0. The molecule has 4 aliphatic rings. The van der Waals surface area contributed by atoms with Gasteiger partial charge in [-0.1, -0.05) is 24.3 Å². The van der Waals surface area contributed by atoms with E-state index in [4.69, 9.17) is 4.74 Å². The second kappa shape index (κ2) is 7.74. The summed E-state index contributed by atoms with van der Waals surface area (Å²) < 4.78 is 5.63. The van der Waals surface area contributed by atoms with Crippen LogP contribution in [0.1, 0.15) is 43.2 Å². The SMILES string of the molecule is O=C(Oc1ccccc1)N1CC[C@]23CCN(CC4CC4)[C@H](Cc4ccc(O)cc42)[C@]3(O)CC1. The third-order valence-electron chi connectivity index (χ3n) is 8.64. The van der Waals surface area contributed by atoms with Crippen molar-refractivity contribution in [3.63, 3.8) is 0 Å². The first kappa shape index (κ1) is 21.0. The lowest BCUT2D eigenvalue weighted by Crippen LogP contribution is -2.71. The van der Waals surface area contributed by atoms with E-state index in [-0.39, 0.29) is 17.9 Å². The zero-order valence-corrected chi connectivity index (χ0v) is 18.9. The highest BCUT2D eigenvalue weighted by Gasteiger charge is 2.63. The number of fused-ring (bicyclic) bond motifs is 1. The Morgan fingerprint density at radius 2 is 1.79 bits per heavy atom. The second-order valence-electron chi connectivity index (χ2n) is 10.4. The van der Waals surface area contributed by atoms with E-state index in [1.54, 1.807) is 23.1 Å². The number of ether oxygens (including phenoxy) is 1. The van der Waals surface area contributed by atoms with Crippen LogP contribution in [-0.2, 0) is 11.8 Å². The minimum atomic E-state index is -0.942. The Kier molecular flexibility index (Phi) is 4.93. The van der Waals surface area contributed by atoms with Gasteiger partial charge in [-0.25, -0.2) is 4.79 Å². The largest absolute Gasteiger partial charge is 0.508 e. The molecule has 1 saturated carbocycles. The third kappa shape index (κ3) is 3.42. The maximum atomic E-state index is 13.0. The van der Waals surface area contributed by atoms with Crippen LogP contribution in [0.15, 0.2) is 48.5 Å². The van der Waals surface area contributed by atoms with Gasteiger partial charge >= 0.3 is 6.09 Å². The van der Waals surface area contributed by atoms with Gasteiger partial charge in [-0.3, -0.25) is 4.90 Å². The Hall–Kier alpha value is -2.57. The van der Waals surface area contributed by atoms with Gasteiger partial charge in [0.2, 0.25) is 0 Å². The van der Waals surface area contributed by atoms with Gasteiger partial charge in [0, 0.05) is 31.1 Å². The monoisotopic (exact) mass is 448 g/mol. The molecule has 2 aliphatic carbocycles. The molecule has 2 aliphatic heterocycles. The zero-order chi connectivity index (χ0) is 22.6. The summed E-state index contributed by atoms with van der Waals surface area (Å²) in [5.41, 5.74) is 0.892. The molecule has 6 heteroatoms. The number of nitrogens with zero attached hydrogens (tertiary/aromatic N) is 2. The van der Waals surface area contributed by atoms with Gasteiger partial charge in [0.25, 0.3) is 0 Å². The van der Waals surface area contributed by atoms with Gasteiger partial charge in [0.1, 0.15) is 11.5 Å². The summed E-state index contributed by atoms with van der Waals surface area (Å²) in [6.45, 7) is 2.99. The van der Waals surface area contributed by atoms with E-state index in [1.807, 2.05) is 30.3 Å². The molecule has 0 spiro atoms. The van der Waals surface area contributed by atoms with Crippen molar-refractivity contribution in [2.75, 3.05) is 26.2 Å². The number of likely N-dealkylation sites (tertiary alicyclic amines) is 2. The van der Waals surface area contributed by atoms with Crippen LogP contribution in [0, 0.1) is 5.92 Å². The molecule has 3 fully saturated rings. The number of phenols is 1. The molecule has 2 saturated heterocycles. The van der Waals surface area contributed by atoms with Crippen LogP contribution in [0.25, 0.3) is 0 Å². The third-order valence-corrected chi connectivity index (χ3v) is 8.64. The smallest absolute Gasteiger partial charge is 0.415 e. The van der Waals surface area contributed by atoms with Crippen LogP contribution in [0.5, 0.6) is 11.5 Å². The number of aliphatic hydroxyl groups is 1. The molecule has 0 radical (unpaired) electrons. The Morgan fingerprint density at radius 1 is 1.03 bits per heavy atom. The predicted molar refractivity (Wildman–Crippen MR) is 124 cm³/mol. The van der Waals surface area contributed by atoms with E-state index in [9.17, 15) is 15.0 Å². The van der Waals surface area contributed by atoms with Crippen LogP contribution in [-0.4, -0.2) is 63.9 Å². The zero-order valence-electron chi connectivity index (χ0n) is 18.9. The molecule has 6 rings (SSSR count). The molecule has 1 amide bonds. The van der Waals surface area contributed by atoms with Gasteiger partial charge in [0.15, 0.2) is 0 Å². The lowest BCUT2D eigenvalue weighted by molar-refractivity contribution is -0.149. The number of benzene rings is 2. The second-order valence-corrected chi connectivity index (χ2v) is 10.4. The lowest BCUT2D eigenvalue weighted by Gasteiger charge is -2.61. The van der Waals surface area contributed by atoms with Gasteiger partial charge in [-0.15, -0.1) is 0 Å². The molecule has 2 aromatic rings. The van der Waals surface area contributed by atoms with Gasteiger partial charge in [-0.2, -0.15) is 0 Å². The number of hydrogen-bond donors (Lipinski definition) is 2. The van der Waals surface area contributed by atoms with Gasteiger partial charge in [0.05, 0.1) is 5.60 Å². The highest BCUT2D eigenvalue weighted by Crippen LogP contribution is 2.56. The lowest BCUT2D eigenvalue weighted by atomic mass is 9.52. The molecule has 174 valence electrons. The van der Waals surface area contributed by atoms with E-state index >= 15 is 0 Å². The standard InChI is InChI=1S/C27H32N2O4/c30-21-9-8-20-16-24-27(32)12-15-28(25(31)33-22-4-2-1-3-5-22)13-10-26(27,23(20)17-21)11-14-29(24)18-19-6-7-19/h1-5,8-9,17,19,24,30,32H,6-7,10-16,18H2/t24-,26+,27-/m1/s1. The Bertz CT molecular complexity index is 1060. The molecular weight excluding hydrogens is 416 g/mol. The van der Waals surface area contributed by atoms with Crippen molar-refractivity contribution in [2.24, 2.45) is 5.92 Å². The minimum Gasteiger partial charge on any atom is -0.508 e. The van der Waals surface area contributed by atoms with Crippen molar-refractivity contribution >= 4 is 6.09 Å². The van der Waals surface area contributed by atoms with E-state index in [2.05, 4.69) is 4.90 Å². The first-order valence-corrected chi connectivity index (χ1v) is 12.3. The summed E-state index contributed by atoms with van der Waals surface area (Å²) >= 11 is 0. The van der Waals surface area contributed by atoms with Crippen molar-refractivity contribution in [3.8, 4) is 11.5 Å². The molecule has 6 nitrogen and oxygen atoms in total. The van der Waals surface area contributed by atoms with Crippen LogP contribution in [0.2, 0.25) is 0 Å². The highest BCUT2D eigenvalue weighted by atomic mass is 16.6. The fraction of sp³-hybridized carbons (Fsp3) is 0.519. The topological polar surface area (TPSA) is 73.2 Å². The summed E-state index contributed by atoms with van der Waals surface area (Å²) in [6.07, 6.45) is 5.02. The predicted octanol–water partition coefficient (Wildman–Crippen LogP) is 3.70. The van der Waals surface area contributed by atoms with Crippen LogP contribution in [0.3, 0.4) is 0 Å². The number of carbonyl (C=O) groups excluding carboxylic acids is 1. The van der Waals surface area contributed by atoms with Gasteiger partial charge in [-0.05, 0) is 86.4 Å². The molecule has 2 bridgehead atoms. The van der Waals surface area contributed by atoms with Crippen molar-refractivity contribution in [3.05, 3.63) is 59.7 Å². The summed E-state index contributed by atoms with van der Waals surface area (Å²) in [5, 5.41) is 22.8. The van der Waals surface area contributed by atoms with E-state index < -0.39 is 11.0 Å². The minimum absolute atomic E-state index is 0.0361. The van der Waals surface area contributed by atoms with Gasteiger partial charge < -0.3 is 19.8 Å². The highest BCUT2D eigenvalue weighted by molar-refractivity contribution is 5.71. The van der Waals surface area contributed by atoms with Crippen LogP contribution >= 0.6 is 0 Å². The molecular formula is C27H32N2O4. The van der Waals surface area contributed by atoms with E-state index in [0.717, 1.165) is 37.4 Å². The van der Waals surface area contributed by atoms with Crippen molar-refractivity contribution in [2.45, 2.75) is 55.6 Å².